The Morgan fingerprint density at radius 1 is 0.386 bits per heavy atom. The molecule has 2 aliphatic rings. The second kappa shape index (κ2) is 9.62. The third-order valence-electron chi connectivity index (χ3n) is 8.91. The second-order valence-electron chi connectivity index (χ2n) is 11.3. The van der Waals surface area contributed by atoms with E-state index in [-0.39, 0.29) is 0 Å². The summed E-state index contributed by atoms with van der Waals surface area (Å²) in [5.74, 6) is 3.66. The highest BCUT2D eigenvalue weighted by Gasteiger charge is 2.47. The Bertz CT molecular complexity index is 2120. The SMILES string of the molecule is c1ccc(C2(c3ccccc3)c3ccccc3-c3cc4c(cc32)Oc2ccc(-c3cccc(-c5ccco5)c3)cc2O4)cc1. The molecule has 1 aromatic heterocycles. The summed E-state index contributed by atoms with van der Waals surface area (Å²) in [7, 11) is 0. The minimum atomic E-state index is -0.490. The summed E-state index contributed by atoms with van der Waals surface area (Å²) in [5, 5.41) is 0. The fourth-order valence-electron chi connectivity index (χ4n) is 6.99. The van der Waals surface area contributed by atoms with E-state index in [0.717, 1.165) is 28.0 Å². The van der Waals surface area contributed by atoms with Crippen LogP contribution in [-0.4, -0.2) is 0 Å². The first-order chi connectivity index (χ1) is 21.8. The fraction of sp³-hybridized carbons (Fsp3) is 0.0244. The summed E-state index contributed by atoms with van der Waals surface area (Å²) >= 11 is 0. The largest absolute Gasteiger partial charge is 0.464 e. The first-order valence-corrected chi connectivity index (χ1v) is 14.8. The molecule has 0 saturated heterocycles. The van der Waals surface area contributed by atoms with Gasteiger partial charge in [0.2, 0.25) is 0 Å². The highest BCUT2D eigenvalue weighted by Crippen LogP contribution is 2.59. The number of rotatable bonds is 4. The summed E-state index contributed by atoms with van der Waals surface area (Å²) in [6, 6.07) is 53.0. The number of hydrogen-bond acceptors (Lipinski definition) is 3. The third-order valence-corrected chi connectivity index (χ3v) is 8.91. The molecule has 0 radical (unpaired) electrons. The van der Waals surface area contributed by atoms with Crippen molar-refractivity contribution in [1.82, 2.24) is 0 Å². The van der Waals surface area contributed by atoms with Crippen LogP contribution < -0.4 is 9.47 Å². The van der Waals surface area contributed by atoms with E-state index < -0.39 is 5.41 Å². The summed E-state index contributed by atoms with van der Waals surface area (Å²) in [4.78, 5) is 0. The fourth-order valence-corrected chi connectivity index (χ4v) is 6.99. The van der Waals surface area contributed by atoms with E-state index in [1.54, 1.807) is 6.26 Å². The molecule has 0 saturated carbocycles. The van der Waals surface area contributed by atoms with Crippen LogP contribution in [0.25, 0.3) is 33.6 Å². The van der Waals surface area contributed by atoms with E-state index in [2.05, 4.69) is 127 Å². The molecule has 0 fully saturated rings. The highest BCUT2D eigenvalue weighted by atomic mass is 16.6. The van der Waals surface area contributed by atoms with E-state index in [1.165, 1.54) is 27.8 Å². The van der Waals surface area contributed by atoms with Gasteiger partial charge in [-0.1, -0.05) is 109 Å². The molecular formula is C41H26O3. The van der Waals surface area contributed by atoms with Gasteiger partial charge < -0.3 is 13.9 Å². The van der Waals surface area contributed by atoms with E-state index in [4.69, 9.17) is 13.9 Å². The van der Waals surface area contributed by atoms with E-state index in [0.29, 0.717) is 23.0 Å². The molecule has 44 heavy (non-hydrogen) atoms. The normalized spacial score (nSPS) is 13.5. The molecule has 2 heterocycles. The van der Waals surface area contributed by atoms with Gasteiger partial charge in [0.25, 0.3) is 0 Å². The quantitative estimate of drug-likeness (QED) is 0.212. The van der Waals surface area contributed by atoms with Gasteiger partial charge in [-0.05, 0) is 87.0 Å². The lowest BCUT2D eigenvalue weighted by molar-refractivity contribution is 0.359. The maximum atomic E-state index is 6.62. The Kier molecular flexibility index (Phi) is 5.41. The molecule has 0 amide bonds. The number of fused-ring (bicyclic) bond motifs is 5. The van der Waals surface area contributed by atoms with Crippen LogP contribution >= 0.6 is 0 Å². The molecule has 3 nitrogen and oxygen atoms in total. The van der Waals surface area contributed by atoms with Crippen molar-refractivity contribution in [1.29, 1.82) is 0 Å². The molecule has 1 aliphatic carbocycles. The average Bonchev–Trinajstić information content (AvgIpc) is 3.73. The van der Waals surface area contributed by atoms with Gasteiger partial charge in [0.15, 0.2) is 23.0 Å². The molecule has 0 spiro atoms. The van der Waals surface area contributed by atoms with Gasteiger partial charge in [-0.3, -0.25) is 0 Å². The van der Waals surface area contributed by atoms with Crippen molar-refractivity contribution in [2.45, 2.75) is 5.41 Å². The molecule has 7 aromatic rings. The Labute approximate surface area is 255 Å². The highest BCUT2D eigenvalue weighted by molar-refractivity contribution is 5.88. The summed E-state index contributed by atoms with van der Waals surface area (Å²) in [5.41, 5.74) is 9.90. The molecule has 3 heteroatoms. The molecule has 208 valence electrons. The van der Waals surface area contributed by atoms with Crippen LogP contribution in [0.15, 0.2) is 162 Å². The molecular weight excluding hydrogens is 540 g/mol. The van der Waals surface area contributed by atoms with E-state index >= 15 is 0 Å². The van der Waals surface area contributed by atoms with Gasteiger partial charge in [-0.15, -0.1) is 0 Å². The summed E-state index contributed by atoms with van der Waals surface area (Å²) in [6.45, 7) is 0. The van der Waals surface area contributed by atoms with Crippen molar-refractivity contribution in [3.63, 3.8) is 0 Å². The molecule has 0 atom stereocenters. The van der Waals surface area contributed by atoms with E-state index in [1.807, 2.05) is 24.3 Å². The minimum Gasteiger partial charge on any atom is -0.464 e. The van der Waals surface area contributed by atoms with Crippen molar-refractivity contribution in [3.8, 4) is 56.6 Å². The van der Waals surface area contributed by atoms with Crippen LogP contribution in [0.3, 0.4) is 0 Å². The number of benzene rings is 6. The van der Waals surface area contributed by atoms with Gasteiger partial charge in [0, 0.05) is 5.56 Å². The molecule has 0 unspecified atom stereocenters. The first-order valence-electron chi connectivity index (χ1n) is 14.8. The van der Waals surface area contributed by atoms with Gasteiger partial charge in [0.05, 0.1) is 11.7 Å². The maximum Gasteiger partial charge on any atom is 0.170 e. The Morgan fingerprint density at radius 3 is 1.82 bits per heavy atom. The second-order valence-corrected chi connectivity index (χ2v) is 11.3. The number of ether oxygens (including phenoxy) is 2. The van der Waals surface area contributed by atoms with Crippen LogP contribution in [0.1, 0.15) is 22.3 Å². The number of furan rings is 1. The Hall–Kier alpha value is -5.80. The zero-order valence-electron chi connectivity index (χ0n) is 23.7. The Morgan fingerprint density at radius 2 is 1.05 bits per heavy atom. The maximum absolute atomic E-state index is 6.62. The van der Waals surface area contributed by atoms with Crippen molar-refractivity contribution in [3.05, 3.63) is 180 Å². The van der Waals surface area contributed by atoms with Gasteiger partial charge in [0.1, 0.15) is 5.76 Å². The minimum absolute atomic E-state index is 0.490. The molecule has 6 aromatic carbocycles. The monoisotopic (exact) mass is 566 g/mol. The zero-order valence-corrected chi connectivity index (χ0v) is 23.7. The van der Waals surface area contributed by atoms with Crippen molar-refractivity contribution in [2.75, 3.05) is 0 Å². The molecule has 1 aliphatic heterocycles. The Balaban J connectivity index is 1.18. The third kappa shape index (κ3) is 3.63. The summed E-state index contributed by atoms with van der Waals surface area (Å²) < 4.78 is 18.8. The van der Waals surface area contributed by atoms with Gasteiger partial charge >= 0.3 is 0 Å². The van der Waals surface area contributed by atoms with Crippen molar-refractivity contribution in [2.24, 2.45) is 0 Å². The van der Waals surface area contributed by atoms with E-state index in [9.17, 15) is 0 Å². The smallest absolute Gasteiger partial charge is 0.170 e. The van der Waals surface area contributed by atoms with Crippen molar-refractivity contribution >= 4 is 0 Å². The van der Waals surface area contributed by atoms with Crippen LogP contribution in [0.2, 0.25) is 0 Å². The van der Waals surface area contributed by atoms with Crippen LogP contribution in [0, 0.1) is 0 Å². The van der Waals surface area contributed by atoms with Gasteiger partial charge in [-0.25, -0.2) is 0 Å². The lowest BCUT2D eigenvalue weighted by Crippen LogP contribution is -2.28. The summed E-state index contributed by atoms with van der Waals surface area (Å²) in [6.07, 6.45) is 1.70. The molecule has 9 rings (SSSR count). The predicted octanol–water partition coefficient (Wildman–Crippen LogP) is 10.9. The standard InChI is InChI=1S/C41H26O3/c1-3-13-30(14-4-1)41(31-15-5-2-6-16-31)34-18-8-7-17-32(34)33-25-39-40(26-35(33)41)43-37-21-20-28(24-38(37)44-39)27-11-9-12-29(23-27)36-19-10-22-42-36/h1-26H. The van der Waals surface area contributed by atoms with Crippen LogP contribution in [0.4, 0.5) is 0 Å². The first kappa shape index (κ1) is 24.8. The lowest BCUT2D eigenvalue weighted by Gasteiger charge is -2.34. The van der Waals surface area contributed by atoms with Crippen molar-refractivity contribution < 1.29 is 13.9 Å². The topological polar surface area (TPSA) is 31.6 Å². The molecule has 0 N–H and O–H groups in total. The predicted molar refractivity (Wildman–Crippen MR) is 173 cm³/mol. The lowest BCUT2D eigenvalue weighted by atomic mass is 9.67. The zero-order chi connectivity index (χ0) is 29.1. The number of hydrogen-bond donors (Lipinski definition) is 0. The average molecular weight is 567 g/mol. The van der Waals surface area contributed by atoms with Crippen LogP contribution in [-0.2, 0) is 5.41 Å². The molecule has 0 bridgehead atoms. The van der Waals surface area contributed by atoms with Crippen LogP contribution in [0.5, 0.6) is 23.0 Å². The van der Waals surface area contributed by atoms with Gasteiger partial charge in [-0.2, -0.15) is 0 Å².